The summed E-state index contributed by atoms with van der Waals surface area (Å²) in [5.41, 5.74) is 3.18. The number of nitrogens with zero attached hydrogens (tertiary/aromatic N) is 4. The van der Waals surface area contributed by atoms with Crippen LogP contribution in [0.25, 0.3) is 0 Å². The summed E-state index contributed by atoms with van der Waals surface area (Å²) in [5.74, 6) is 0. The minimum atomic E-state index is -0.0363. The van der Waals surface area contributed by atoms with E-state index in [-0.39, 0.29) is 6.03 Å². The van der Waals surface area contributed by atoms with Crippen molar-refractivity contribution in [3.8, 4) is 0 Å². The van der Waals surface area contributed by atoms with Gasteiger partial charge < -0.3 is 15.0 Å². The highest BCUT2D eigenvalue weighted by molar-refractivity contribution is 5.74. The van der Waals surface area contributed by atoms with Crippen LogP contribution in [0.3, 0.4) is 0 Å². The molecule has 2 amide bonds. The van der Waals surface area contributed by atoms with Gasteiger partial charge in [0.25, 0.3) is 0 Å². The second-order valence-corrected chi connectivity index (χ2v) is 6.97. The Morgan fingerprint density at radius 1 is 1.36 bits per heavy atom. The summed E-state index contributed by atoms with van der Waals surface area (Å²) >= 11 is 0. The molecule has 2 rings (SSSR count). The van der Waals surface area contributed by atoms with E-state index in [9.17, 15) is 4.79 Å². The van der Waals surface area contributed by atoms with Crippen LogP contribution in [-0.2, 0) is 18.3 Å². The molecule has 7 heteroatoms. The zero-order chi connectivity index (χ0) is 18.4. The van der Waals surface area contributed by atoms with Crippen LogP contribution < -0.4 is 5.32 Å². The first-order chi connectivity index (χ1) is 11.9. The summed E-state index contributed by atoms with van der Waals surface area (Å²) in [4.78, 5) is 17.0. The van der Waals surface area contributed by atoms with Crippen molar-refractivity contribution < 1.29 is 9.53 Å². The molecule has 142 valence electrons. The van der Waals surface area contributed by atoms with Crippen LogP contribution in [0.5, 0.6) is 0 Å². The van der Waals surface area contributed by atoms with Gasteiger partial charge in [0.2, 0.25) is 0 Å². The third-order valence-electron chi connectivity index (χ3n) is 5.17. The number of urea groups is 1. The number of aromatic nitrogens is 2. The Hall–Kier alpha value is -1.60. The van der Waals surface area contributed by atoms with Crippen molar-refractivity contribution in [3.05, 3.63) is 17.0 Å². The summed E-state index contributed by atoms with van der Waals surface area (Å²) in [6.45, 7) is 10.8. The van der Waals surface area contributed by atoms with E-state index in [1.807, 2.05) is 30.5 Å². The molecule has 25 heavy (non-hydrogen) atoms. The lowest BCUT2D eigenvalue weighted by Gasteiger charge is -2.27. The summed E-state index contributed by atoms with van der Waals surface area (Å²) in [5, 5.41) is 7.55. The van der Waals surface area contributed by atoms with Gasteiger partial charge in [0.15, 0.2) is 0 Å². The topological polar surface area (TPSA) is 62.6 Å². The van der Waals surface area contributed by atoms with E-state index in [0.29, 0.717) is 32.3 Å². The zero-order valence-corrected chi connectivity index (χ0v) is 16.3. The highest BCUT2D eigenvalue weighted by Gasteiger charge is 2.21. The maximum atomic E-state index is 12.7. The molecule has 0 aromatic carbocycles. The van der Waals surface area contributed by atoms with Crippen molar-refractivity contribution in [1.82, 2.24) is 24.9 Å². The van der Waals surface area contributed by atoms with Gasteiger partial charge in [-0.05, 0) is 46.7 Å². The van der Waals surface area contributed by atoms with Gasteiger partial charge >= 0.3 is 6.03 Å². The molecule has 1 saturated heterocycles. The molecule has 7 nitrogen and oxygen atoms in total. The molecule has 1 unspecified atom stereocenters. The first kappa shape index (κ1) is 19.7. The Balaban J connectivity index is 1.96. The van der Waals surface area contributed by atoms with E-state index < -0.39 is 0 Å². The van der Waals surface area contributed by atoms with Crippen molar-refractivity contribution in [2.75, 3.05) is 39.9 Å². The van der Waals surface area contributed by atoms with E-state index >= 15 is 0 Å². The Kier molecular flexibility index (Phi) is 7.25. The molecule has 0 aliphatic carbocycles. The van der Waals surface area contributed by atoms with Gasteiger partial charge in [-0.25, -0.2) is 4.79 Å². The van der Waals surface area contributed by atoms with E-state index in [2.05, 4.69) is 22.2 Å². The number of hydrogen-bond donors (Lipinski definition) is 1. The first-order valence-corrected chi connectivity index (χ1v) is 9.18. The molecule has 1 aliphatic rings. The monoisotopic (exact) mass is 351 g/mol. The minimum absolute atomic E-state index is 0.0363. The van der Waals surface area contributed by atoms with Crippen LogP contribution in [-0.4, -0.2) is 71.5 Å². The molecule has 0 saturated carbocycles. The lowest BCUT2D eigenvalue weighted by Crippen LogP contribution is -2.46. The van der Waals surface area contributed by atoms with E-state index in [0.717, 1.165) is 30.0 Å². The molecular weight excluding hydrogens is 318 g/mol. The molecule has 1 atom stereocenters. The van der Waals surface area contributed by atoms with E-state index in [1.54, 1.807) is 7.11 Å². The number of hydrogen-bond acceptors (Lipinski definition) is 4. The Morgan fingerprint density at radius 3 is 2.60 bits per heavy atom. The molecule has 1 aromatic rings. The molecule has 0 bridgehead atoms. The molecular formula is C18H33N5O2. The fraction of sp³-hybridized carbons (Fsp3) is 0.778. The van der Waals surface area contributed by atoms with E-state index in [1.165, 1.54) is 12.8 Å². The number of carbonyl (C=O) groups excluding carboxylic acids is 1. The van der Waals surface area contributed by atoms with E-state index in [4.69, 9.17) is 4.74 Å². The lowest BCUT2D eigenvalue weighted by molar-refractivity contribution is 0.144. The van der Waals surface area contributed by atoms with Crippen LogP contribution in [0.15, 0.2) is 0 Å². The van der Waals surface area contributed by atoms with Crippen LogP contribution >= 0.6 is 0 Å². The number of nitrogens with one attached hydrogen (secondary N) is 1. The van der Waals surface area contributed by atoms with Crippen LogP contribution in [0.2, 0.25) is 0 Å². The van der Waals surface area contributed by atoms with Crippen molar-refractivity contribution in [3.63, 3.8) is 0 Å². The van der Waals surface area contributed by atoms with Crippen molar-refractivity contribution >= 4 is 6.03 Å². The van der Waals surface area contributed by atoms with Gasteiger partial charge in [-0.2, -0.15) is 5.10 Å². The van der Waals surface area contributed by atoms with Gasteiger partial charge in [0.05, 0.1) is 18.8 Å². The number of amides is 2. The van der Waals surface area contributed by atoms with Crippen LogP contribution in [0.1, 0.15) is 36.7 Å². The predicted octanol–water partition coefficient (Wildman–Crippen LogP) is 1.68. The summed E-state index contributed by atoms with van der Waals surface area (Å²) in [7, 11) is 3.59. The van der Waals surface area contributed by atoms with Crippen molar-refractivity contribution in [2.24, 2.45) is 7.05 Å². The Bertz CT molecular complexity index is 566. The molecule has 0 radical (unpaired) electrons. The minimum Gasteiger partial charge on any atom is -0.383 e. The van der Waals surface area contributed by atoms with Crippen LogP contribution in [0, 0.1) is 13.8 Å². The second-order valence-electron chi connectivity index (χ2n) is 6.97. The Labute approximate surface area is 151 Å². The smallest absolute Gasteiger partial charge is 0.317 e. The average Bonchev–Trinajstić information content (AvgIpc) is 3.20. The first-order valence-electron chi connectivity index (χ1n) is 9.18. The normalized spacial score (nSPS) is 16.2. The number of aryl methyl sites for hydroxylation is 2. The fourth-order valence-corrected chi connectivity index (χ4v) is 3.35. The standard InChI is InChI=1S/C18H33N5O2/c1-14(22-8-6-7-9-22)12-19-18(24)23(10-11-25-5)13-17-15(2)20-21(4)16(17)3/h14H,6-13H2,1-5H3,(H,19,24). The number of rotatable bonds is 8. The third-order valence-corrected chi connectivity index (χ3v) is 5.17. The highest BCUT2D eigenvalue weighted by atomic mass is 16.5. The maximum absolute atomic E-state index is 12.7. The SMILES string of the molecule is COCCN(Cc1c(C)nn(C)c1C)C(=O)NCC(C)N1CCCC1. The summed E-state index contributed by atoms with van der Waals surface area (Å²) in [6, 6.07) is 0.336. The third kappa shape index (κ3) is 5.19. The van der Waals surface area contributed by atoms with Gasteiger partial charge in [-0.15, -0.1) is 0 Å². The summed E-state index contributed by atoms with van der Waals surface area (Å²) < 4.78 is 7.05. The van der Waals surface area contributed by atoms with Gasteiger partial charge in [0, 0.05) is 44.5 Å². The molecule has 1 aliphatic heterocycles. The van der Waals surface area contributed by atoms with Crippen molar-refractivity contribution in [2.45, 2.75) is 46.2 Å². The van der Waals surface area contributed by atoms with Crippen molar-refractivity contribution in [1.29, 1.82) is 0 Å². The summed E-state index contributed by atoms with van der Waals surface area (Å²) in [6.07, 6.45) is 2.52. The number of carbonyl (C=O) groups is 1. The van der Waals surface area contributed by atoms with Gasteiger partial charge in [0.1, 0.15) is 0 Å². The predicted molar refractivity (Wildman–Crippen MR) is 98.6 cm³/mol. The molecule has 1 aromatic heterocycles. The number of methoxy groups -OCH3 is 1. The van der Waals surface area contributed by atoms with Crippen LogP contribution in [0.4, 0.5) is 4.79 Å². The van der Waals surface area contributed by atoms with Gasteiger partial charge in [-0.3, -0.25) is 9.58 Å². The largest absolute Gasteiger partial charge is 0.383 e. The molecule has 0 spiro atoms. The number of likely N-dealkylation sites (tertiary alicyclic amines) is 1. The van der Waals surface area contributed by atoms with Gasteiger partial charge in [-0.1, -0.05) is 0 Å². The zero-order valence-electron chi connectivity index (χ0n) is 16.3. The number of ether oxygens (including phenoxy) is 1. The Morgan fingerprint density at radius 2 is 2.04 bits per heavy atom. The highest BCUT2D eigenvalue weighted by Crippen LogP contribution is 2.15. The quantitative estimate of drug-likeness (QED) is 0.774. The average molecular weight is 351 g/mol. The maximum Gasteiger partial charge on any atom is 0.317 e. The molecule has 1 fully saturated rings. The fourth-order valence-electron chi connectivity index (χ4n) is 3.35. The second kappa shape index (κ2) is 9.20. The molecule has 1 N–H and O–H groups in total. The lowest BCUT2D eigenvalue weighted by atomic mass is 10.2. The molecule has 2 heterocycles.